The first kappa shape index (κ1) is 15.3. The number of halogens is 3. The van der Waals surface area contributed by atoms with Crippen LogP contribution in [-0.2, 0) is 12.6 Å². The fourth-order valence-electron chi connectivity index (χ4n) is 1.60. The Bertz CT molecular complexity index is 676. The molecular weight excluding hydrogens is 303 g/mol. The molecule has 0 fully saturated rings. The summed E-state index contributed by atoms with van der Waals surface area (Å²) in [5.74, 6) is -0.297. The van der Waals surface area contributed by atoms with Crippen molar-refractivity contribution < 1.29 is 17.9 Å². The molecule has 0 aliphatic rings. The zero-order valence-corrected chi connectivity index (χ0v) is 11.8. The molecule has 4 nitrogen and oxygen atoms in total. The second-order valence-corrected chi connectivity index (χ2v) is 5.06. The molecule has 0 spiro atoms. The average Bonchev–Trinajstić information content (AvgIpc) is 2.83. The Balaban J connectivity index is 2.11. The highest BCUT2D eigenvalue weighted by Crippen LogP contribution is 2.30. The lowest BCUT2D eigenvalue weighted by Crippen LogP contribution is -2.11. The Morgan fingerprint density at radius 3 is 2.71 bits per heavy atom. The summed E-state index contributed by atoms with van der Waals surface area (Å²) in [5, 5.41) is 8.88. The predicted octanol–water partition coefficient (Wildman–Crippen LogP) is 3.36. The molecule has 21 heavy (non-hydrogen) atoms. The van der Waals surface area contributed by atoms with Gasteiger partial charge in [0.15, 0.2) is 0 Å². The van der Waals surface area contributed by atoms with Crippen LogP contribution in [0.15, 0.2) is 17.6 Å². The minimum absolute atomic E-state index is 0.0240. The van der Waals surface area contributed by atoms with Crippen LogP contribution in [0, 0.1) is 18.3 Å². The second kappa shape index (κ2) is 6.10. The van der Waals surface area contributed by atoms with Crippen LogP contribution in [0.25, 0.3) is 0 Å². The third kappa shape index (κ3) is 3.70. The Hall–Kier alpha value is -2.14. The first-order valence-corrected chi connectivity index (χ1v) is 6.80. The van der Waals surface area contributed by atoms with E-state index in [-0.39, 0.29) is 18.1 Å². The van der Waals surface area contributed by atoms with Gasteiger partial charge in [-0.15, -0.1) is 11.3 Å². The monoisotopic (exact) mass is 313 g/mol. The highest BCUT2D eigenvalue weighted by Gasteiger charge is 2.33. The molecule has 0 bridgehead atoms. The third-order valence-corrected chi connectivity index (χ3v) is 3.68. The highest BCUT2D eigenvalue weighted by molar-refractivity contribution is 7.09. The largest absolute Gasteiger partial charge is 0.476 e. The molecule has 2 heterocycles. The number of thiazole rings is 1. The molecule has 0 saturated carbocycles. The van der Waals surface area contributed by atoms with Crippen molar-refractivity contribution in [2.24, 2.45) is 0 Å². The Morgan fingerprint density at radius 2 is 2.14 bits per heavy atom. The van der Waals surface area contributed by atoms with E-state index in [2.05, 4.69) is 9.97 Å². The molecule has 0 saturated heterocycles. The van der Waals surface area contributed by atoms with Gasteiger partial charge < -0.3 is 4.74 Å². The van der Waals surface area contributed by atoms with E-state index < -0.39 is 11.9 Å². The number of alkyl halides is 3. The fourth-order valence-corrected chi connectivity index (χ4v) is 2.36. The molecule has 2 aromatic rings. The van der Waals surface area contributed by atoms with Crippen LogP contribution in [0.3, 0.4) is 0 Å². The normalized spacial score (nSPS) is 11.2. The molecule has 2 aromatic heterocycles. The summed E-state index contributed by atoms with van der Waals surface area (Å²) in [6, 6.07) is 3.59. The van der Waals surface area contributed by atoms with Gasteiger partial charge in [0.05, 0.1) is 17.8 Å². The number of nitriles is 1. The first-order chi connectivity index (χ1) is 9.91. The van der Waals surface area contributed by atoms with Crippen molar-refractivity contribution in [2.75, 3.05) is 6.61 Å². The summed E-state index contributed by atoms with van der Waals surface area (Å²) >= 11 is 1.45. The van der Waals surface area contributed by atoms with Gasteiger partial charge in [-0.05, 0) is 19.1 Å². The van der Waals surface area contributed by atoms with Crippen LogP contribution in [0.4, 0.5) is 13.2 Å². The minimum Gasteiger partial charge on any atom is -0.476 e. The first-order valence-electron chi connectivity index (χ1n) is 5.92. The standard InChI is InChI=1S/C13H10F3N3OS/c1-8-10(21-7-18-8)4-5-20-12-9(6-17)2-3-11(19-12)13(14,15)16/h2-3,7H,4-5H2,1H3. The molecule has 0 unspecified atom stereocenters. The van der Waals surface area contributed by atoms with E-state index in [0.717, 1.165) is 22.7 Å². The van der Waals surface area contributed by atoms with Crippen molar-refractivity contribution in [1.82, 2.24) is 9.97 Å². The minimum atomic E-state index is -4.57. The highest BCUT2D eigenvalue weighted by atomic mass is 32.1. The van der Waals surface area contributed by atoms with E-state index in [4.69, 9.17) is 10.00 Å². The van der Waals surface area contributed by atoms with Gasteiger partial charge in [-0.3, -0.25) is 0 Å². The number of ether oxygens (including phenoxy) is 1. The van der Waals surface area contributed by atoms with Crippen LogP contribution in [0.1, 0.15) is 21.8 Å². The molecule has 0 radical (unpaired) electrons. The quantitative estimate of drug-likeness (QED) is 0.868. The number of pyridine rings is 1. The molecule has 0 aliphatic carbocycles. The van der Waals surface area contributed by atoms with E-state index in [9.17, 15) is 13.2 Å². The van der Waals surface area contributed by atoms with E-state index >= 15 is 0 Å². The summed E-state index contributed by atoms with van der Waals surface area (Å²) in [5.41, 5.74) is 1.45. The zero-order valence-electron chi connectivity index (χ0n) is 10.9. The Kier molecular flexibility index (Phi) is 4.43. The summed E-state index contributed by atoms with van der Waals surface area (Å²) in [6.07, 6.45) is -4.07. The zero-order chi connectivity index (χ0) is 15.5. The van der Waals surface area contributed by atoms with Gasteiger partial charge in [0, 0.05) is 11.3 Å². The van der Waals surface area contributed by atoms with Crippen molar-refractivity contribution >= 4 is 11.3 Å². The van der Waals surface area contributed by atoms with Crippen LogP contribution < -0.4 is 4.74 Å². The summed E-state index contributed by atoms with van der Waals surface area (Å²) < 4.78 is 43.0. The van der Waals surface area contributed by atoms with Crippen LogP contribution in [0.2, 0.25) is 0 Å². The molecule has 0 amide bonds. The summed E-state index contributed by atoms with van der Waals surface area (Å²) in [6.45, 7) is 1.97. The second-order valence-electron chi connectivity index (χ2n) is 4.12. The van der Waals surface area contributed by atoms with E-state index in [1.807, 2.05) is 6.92 Å². The smallest absolute Gasteiger partial charge is 0.433 e. The number of rotatable bonds is 4. The van der Waals surface area contributed by atoms with E-state index in [1.54, 1.807) is 11.6 Å². The van der Waals surface area contributed by atoms with Gasteiger partial charge in [0.1, 0.15) is 17.3 Å². The maximum atomic E-state index is 12.6. The van der Waals surface area contributed by atoms with E-state index in [0.29, 0.717) is 6.42 Å². The number of aromatic nitrogens is 2. The third-order valence-electron chi connectivity index (χ3n) is 2.68. The van der Waals surface area contributed by atoms with Crippen molar-refractivity contribution in [3.05, 3.63) is 39.5 Å². The molecule has 0 N–H and O–H groups in total. The fraction of sp³-hybridized carbons (Fsp3) is 0.308. The SMILES string of the molecule is Cc1ncsc1CCOc1nc(C(F)(F)F)ccc1C#N. The van der Waals surface area contributed by atoms with Gasteiger partial charge in [0.2, 0.25) is 5.88 Å². The molecule has 0 aliphatic heterocycles. The Morgan fingerprint density at radius 1 is 1.38 bits per heavy atom. The average molecular weight is 313 g/mol. The molecule has 2 rings (SSSR count). The van der Waals surface area contributed by atoms with Gasteiger partial charge in [-0.25, -0.2) is 9.97 Å². The summed E-state index contributed by atoms with van der Waals surface area (Å²) in [4.78, 5) is 8.43. The molecule has 0 atom stereocenters. The maximum absolute atomic E-state index is 12.6. The van der Waals surface area contributed by atoms with Crippen LogP contribution >= 0.6 is 11.3 Å². The molecule has 8 heteroatoms. The van der Waals surface area contributed by atoms with Gasteiger partial charge >= 0.3 is 6.18 Å². The Labute approximate surface area is 122 Å². The van der Waals surface area contributed by atoms with Crippen molar-refractivity contribution in [3.8, 4) is 11.9 Å². The van der Waals surface area contributed by atoms with Crippen molar-refractivity contribution in [2.45, 2.75) is 19.5 Å². The topological polar surface area (TPSA) is 58.8 Å². The molecular formula is C13H10F3N3OS. The van der Waals surface area contributed by atoms with Gasteiger partial charge in [0.25, 0.3) is 0 Å². The number of aryl methyl sites for hydroxylation is 1. The van der Waals surface area contributed by atoms with Gasteiger partial charge in [-0.1, -0.05) is 0 Å². The lowest BCUT2D eigenvalue weighted by Gasteiger charge is -2.10. The predicted molar refractivity (Wildman–Crippen MR) is 70.0 cm³/mol. The van der Waals surface area contributed by atoms with Crippen molar-refractivity contribution in [3.63, 3.8) is 0 Å². The maximum Gasteiger partial charge on any atom is 0.433 e. The van der Waals surface area contributed by atoms with Gasteiger partial charge in [-0.2, -0.15) is 18.4 Å². The van der Waals surface area contributed by atoms with E-state index in [1.165, 1.54) is 11.3 Å². The van der Waals surface area contributed by atoms with Crippen molar-refractivity contribution in [1.29, 1.82) is 5.26 Å². The number of hydrogen-bond donors (Lipinski definition) is 0. The summed E-state index contributed by atoms with van der Waals surface area (Å²) in [7, 11) is 0. The lowest BCUT2D eigenvalue weighted by atomic mass is 10.2. The number of nitrogens with zero attached hydrogens (tertiary/aromatic N) is 3. The van der Waals surface area contributed by atoms with Crippen LogP contribution in [0.5, 0.6) is 5.88 Å². The van der Waals surface area contributed by atoms with Crippen LogP contribution in [-0.4, -0.2) is 16.6 Å². The molecule has 110 valence electrons. The number of hydrogen-bond acceptors (Lipinski definition) is 5. The molecule has 0 aromatic carbocycles. The lowest BCUT2D eigenvalue weighted by molar-refractivity contribution is -0.141.